The van der Waals surface area contributed by atoms with Gasteiger partial charge < -0.3 is 20.9 Å². The average Bonchev–Trinajstić information content (AvgIpc) is 3.50. The Balaban J connectivity index is 1.54. The molecule has 0 spiro atoms. The van der Waals surface area contributed by atoms with Crippen molar-refractivity contribution in [2.45, 2.75) is 33.4 Å². The highest BCUT2D eigenvalue weighted by Gasteiger charge is 2.26. The van der Waals surface area contributed by atoms with Crippen LogP contribution in [-0.4, -0.2) is 38.1 Å². The highest BCUT2D eigenvalue weighted by molar-refractivity contribution is 6.07. The van der Waals surface area contributed by atoms with Crippen LogP contribution in [0.5, 0.6) is 0 Å². The van der Waals surface area contributed by atoms with E-state index in [2.05, 4.69) is 15.4 Å². The van der Waals surface area contributed by atoms with Crippen LogP contribution in [0.15, 0.2) is 78.1 Å². The summed E-state index contributed by atoms with van der Waals surface area (Å²) in [5.41, 5.74) is 6.07. The van der Waals surface area contributed by atoms with Gasteiger partial charge in [0.2, 0.25) is 5.43 Å². The van der Waals surface area contributed by atoms with Crippen molar-refractivity contribution in [1.29, 1.82) is 0 Å². The largest absolute Gasteiger partial charge is 0.383 e. The Hall–Kier alpha value is -5.65. The maximum Gasteiger partial charge on any atom is 0.268 e. The minimum Gasteiger partial charge on any atom is -0.383 e. The Kier molecular flexibility index (Phi) is 7.50. The topological polar surface area (TPSA) is 137 Å². The van der Waals surface area contributed by atoms with Crippen LogP contribution in [0.25, 0.3) is 33.4 Å². The molecule has 0 saturated carbocycles. The van der Waals surface area contributed by atoms with Gasteiger partial charge in [0.1, 0.15) is 28.7 Å². The van der Waals surface area contributed by atoms with Gasteiger partial charge in [-0.05, 0) is 62.7 Å². The van der Waals surface area contributed by atoms with Crippen molar-refractivity contribution in [3.63, 3.8) is 0 Å². The van der Waals surface area contributed by atoms with Gasteiger partial charge in [0.15, 0.2) is 0 Å². The maximum atomic E-state index is 15.6. The first-order valence-electron chi connectivity index (χ1n) is 15.4. The molecule has 0 radical (unpaired) electrons. The van der Waals surface area contributed by atoms with Crippen molar-refractivity contribution in [1.82, 2.24) is 24.6 Å². The van der Waals surface area contributed by atoms with Gasteiger partial charge in [-0.15, -0.1) is 0 Å². The second-order valence-corrected chi connectivity index (χ2v) is 10.4. The van der Waals surface area contributed by atoms with Crippen LogP contribution in [0.1, 0.15) is 51.8 Å². The summed E-state index contributed by atoms with van der Waals surface area (Å²) >= 11 is 0. The normalized spacial score (nSPS) is 12.4. The highest BCUT2D eigenvalue weighted by Crippen LogP contribution is 2.33. The number of nitrogens with one attached hydrogen (secondary N) is 2. The minimum atomic E-state index is -2.89. The number of hydrogen-bond acceptors (Lipinski definition) is 6. The Labute approximate surface area is 261 Å². The molecule has 5 rings (SSSR count). The van der Waals surface area contributed by atoms with Crippen LogP contribution in [0.3, 0.4) is 0 Å². The number of pyridine rings is 2. The van der Waals surface area contributed by atoms with E-state index in [0.717, 1.165) is 30.0 Å². The molecule has 0 aliphatic rings. The molecule has 230 valence electrons. The van der Waals surface area contributed by atoms with Gasteiger partial charge in [-0.1, -0.05) is 12.1 Å². The lowest BCUT2D eigenvalue weighted by atomic mass is 9.99. The first kappa shape index (κ1) is 26.9. The van der Waals surface area contributed by atoms with E-state index in [1.165, 1.54) is 28.8 Å². The molecule has 2 aromatic carbocycles. The van der Waals surface area contributed by atoms with Gasteiger partial charge in [-0.3, -0.25) is 19.1 Å². The predicted molar refractivity (Wildman–Crippen MR) is 169 cm³/mol. The van der Waals surface area contributed by atoms with Crippen molar-refractivity contribution in [2.75, 3.05) is 18.0 Å². The Morgan fingerprint density at radius 1 is 0.978 bits per heavy atom. The number of nitrogens with zero attached hydrogens (tertiary/aromatic N) is 4. The Morgan fingerprint density at radius 2 is 1.73 bits per heavy atom. The maximum absolute atomic E-state index is 15.6. The summed E-state index contributed by atoms with van der Waals surface area (Å²) in [7, 11) is 0. The molecular weight excluding hydrogens is 580 g/mol. The molecule has 5 aromatic rings. The third-order valence-corrected chi connectivity index (χ3v) is 7.22. The minimum absolute atomic E-state index is 0.0104. The van der Waals surface area contributed by atoms with E-state index in [0.29, 0.717) is 17.7 Å². The van der Waals surface area contributed by atoms with Crippen molar-refractivity contribution >= 4 is 23.3 Å². The molecule has 0 aliphatic heterocycles. The Bertz CT molecular complexity index is 2090. The van der Waals surface area contributed by atoms with E-state index in [9.17, 15) is 18.8 Å². The third kappa shape index (κ3) is 6.07. The molecule has 0 fully saturated rings. The van der Waals surface area contributed by atoms with Gasteiger partial charge in [0.25, 0.3) is 11.8 Å². The lowest BCUT2D eigenvalue weighted by Crippen LogP contribution is -2.32. The van der Waals surface area contributed by atoms with E-state index in [-0.39, 0.29) is 33.9 Å². The average molecular weight is 615 g/mol. The molecule has 0 saturated heterocycles. The highest BCUT2D eigenvalue weighted by atomic mass is 19.1. The fraction of sp³-hybridized carbons (Fsp3) is 0.182. The van der Waals surface area contributed by atoms with E-state index in [1.807, 2.05) is 18.4 Å². The molecule has 3 aromatic heterocycles. The third-order valence-electron chi connectivity index (χ3n) is 7.22. The van der Waals surface area contributed by atoms with Crippen LogP contribution >= 0.6 is 0 Å². The SMILES string of the molecule is [2H]C([2H])([2H])NC(=O)c1c(-c2ccc(F)cc2)c(=O)c(C(=O)Nc2ccc(-c3cc(-c4cnn(CC)c4)cnc3N)c(F)c2)cn1C(C)C. The van der Waals surface area contributed by atoms with Gasteiger partial charge >= 0.3 is 0 Å². The number of carbonyl (C=O) groups is 2. The molecule has 0 atom stereocenters. The zero-order valence-electron chi connectivity index (χ0n) is 27.6. The van der Waals surface area contributed by atoms with E-state index in [4.69, 9.17) is 9.85 Å². The number of nitrogens with two attached hydrogens (primary N) is 1. The molecule has 10 nitrogen and oxygen atoms in total. The molecule has 2 amide bonds. The number of benzene rings is 2. The molecule has 0 aliphatic carbocycles. The fourth-order valence-electron chi connectivity index (χ4n) is 4.92. The number of aryl methyl sites for hydroxylation is 1. The smallest absolute Gasteiger partial charge is 0.268 e. The first-order chi connectivity index (χ1) is 22.7. The molecule has 0 bridgehead atoms. The summed E-state index contributed by atoms with van der Waals surface area (Å²) < 4.78 is 54.9. The molecule has 4 N–H and O–H groups in total. The summed E-state index contributed by atoms with van der Waals surface area (Å²) in [6, 6.07) is 9.65. The zero-order valence-corrected chi connectivity index (χ0v) is 24.6. The van der Waals surface area contributed by atoms with Crippen LogP contribution in [0.2, 0.25) is 0 Å². The van der Waals surface area contributed by atoms with Crippen molar-refractivity contribution in [3.05, 3.63) is 106 Å². The second-order valence-electron chi connectivity index (χ2n) is 10.4. The number of hydrogen-bond donors (Lipinski definition) is 3. The summed E-state index contributed by atoms with van der Waals surface area (Å²) in [5, 5.41) is 8.65. The van der Waals surface area contributed by atoms with Crippen molar-refractivity contribution in [2.24, 2.45) is 0 Å². The number of anilines is 2. The van der Waals surface area contributed by atoms with Crippen LogP contribution in [0.4, 0.5) is 20.3 Å². The van der Waals surface area contributed by atoms with Crippen molar-refractivity contribution in [3.8, 4) is 33.4 Å². The van der Waals surface area contributed by atoms with Gasteiger partial charge in [0, 0.05) is 70.2 Å². The molecule has 3 heterocycles. The number of carbonyl (C=O) groups excluding carboxylic acids is 2. The quantitative estimate of drug-likeness (QED) is 0.211. The van der Waals surface area contributed by atoms with Crippen LogP contribution in [0, 0.1) is 11.6 Å². The van der Waals surface area contributed by atoms with E-state index < -0.39 is 47.5 Å². The lowest BCUT2D eigenvalue weighted by Gasteiger charge is -2.21. The van der Waals surface area contributed by atoms with Gasteiger partial charge in [-0.2, -0.15) is 5.10 Å². The Morgan fingerprint density at radius 3 is 2.38 bits per heavy atom. The summed E-state index contributed by atoms with van der Waals surface area (Å²) in [4.78, 5) is 44.9. The first-order valence-corrected chi connectivity index (χ1v) is 13.9. The van der Waals surface area contributed by atoms with E-state index in [1.54, 1.807) is 37.0 Å². The molecule has 12 heteroatoms. The number of aromatic nitrogens is 4. The number of halogens is 2. The standard InChI is InChI=1S/C33H31F2N7O3/c1-5-41-16-21(15-39-41)20-12-25(31(36)38-14-20)24-11-10-23(13-27(24)35)40-32(44)26-17-42(18(2)3)29(33(45)37-4)28(30(26)43)19-6-8-22(34)9-7-19/h6-18H,5H2,1-4H3,(H2,36,38)(H,37,45)(H,40,44)/i4D3. The summed E-state index contributed by atoms with van der Waals surface area (Å²) in [6.45, 7) is 3.04. The fourth-order valence-corrected chi connectivity index (χ4v) is 4.92. The number of amides is 2. The zero-order chi connectivity index (χ0) is 34.9. The predicted octanol–water partition coefficient (Wildman–Crippen LogP) is 5.51. The molecule has 45 heavy (non-hydrogen) atoms. The van der Waals surface area contributed by atoms with E-state index >= 15 is 4.39 Å². The summed E-state index contributed by atoms with van der Waals surface area (Å²) in [5.74, 6) is -3.29. The lowest BCUT2D eigenvalue weighted by molar-refractivity contribution is 0.0949. The van der Waals surface area contributed by atoms with Crippen molar-refractivity contribution < 1.29 is 22.5 Å². The molecular formula is C33H31F2N7O3. The van der Waals surface area contributed by atoms with Gasteiger partial charge in [0.05, 0.1) is 11.8 Å². The number of nitrogen functional groups attached to an aromatic ring is 1. The monoisotopic (exact) mass is 614 g/mol. The second kappa shape index (κ2) is 12.5. The van der Waals surface area contributed by atoms with Crippen LogP contribution in [-0.2, 0) is 6.54 Å². The summed E-state index contributed by atoms with van der Waals surface area (Å²) in [6.07, 6.45) is 6.18. The van der Waals surface area contributed by atoms with Crippen LogP contribution < -0.4 is 21.8 Å². The number of rotatable bonds is 8. The molecule has 0 unspecified atom stereocenters. The van der Waals surface area contributed by atoms with Gasteiger partial charge in [-0.25, -0.2) is 13.8 Å².